The summed E-state index contributed by atoms with van der Waals surface area (Å²) >= 11 is 7.54. The third kappa shape index (κ3) is 4.54. The Kier molecular flexibility index (Phi) is 6.20. The van der Waals surface area contributed by atoms with E-state index in [2.05, 4.69) is 5.32 Å². The maximum atomic E-state index is 12.1. The molecule has 0 aliphatic heterocycles. The van der Waals surface area contributed by atoms with Crippen LogP contribution in [0.15, 0.2) is 41.8 Å². The largest absolute Gasteiger partial charge is 0.394 e. The van der Waals surface area contributed by atoms with Crippen LogP contribution in [0.5, 0.6) is 0 Å². The van der Waals surface area contributed by atoms with Crippen molar-refractivity contribution in [3.8, 4) is 0 Å². The monoisotopic (exact) mass is 325 g/mol. The summed E-state index contributed by atoms with van der Waals surface area (Å²) in [6.45, 7) is 0.495. The molecule has 0 unspecified atom stereocenters. The molecule has 0 fully saturated rings. The van der Waals surface area contributed by atoms with Gasteiger partial charge in [-0.15, -0.1) is 11.3 Å². The van der Waals surface area contributed by atoms with Gasteiger partial charge in [0.25, 0.3) is 5.91 Å². The van der Waals surface area contributed by atoms with Crippen molar-refractivity contribution in [1.82, 2.24) is 5.32 Å². The van der Waals surface area contributed by atoms with Crippen molar-refractivity contribution < 1.29 is 14.6 Å². The van der Waals surface area contributed by atoms with Crippen LogP contribution in [-0.4, -0.2) is 30.8 Å². The van der Waals surface area contributed by atoms with E-state index >= 15 is 0 Å². The molecule has 0 radical (unpaired) electrons. The van der Waals surface area contributed by atoms with Gasteiger partial charge >= 0.3 is 0 Å². The van der Waals surface area contributed by atoms with E-state index in [0.29, 0.717) is 17.1 Å². The number of thiophene rings is 1. The fourth-order valence-electron chi connectivity index (χ4n) is 1.84. The Morgan fingerprint density at radius 2 is 2.14 bits per heavy atom. The smallest absolute Gasteiger partial charge is 0.252 e. The SMILES string of the molecule is O=C(NC[C@H](OCCO)c1cccs1)c1ccccc1Cl. The highest BCUT2D eigenvalue weighted by Crippen LogP contribution is 2.22. The fourth-order valence-corrected chi connectivity index (χ4v) is 2.83. The van der Waals surface area contributed by atoms with E-state index in [0.717, 1.165) is 4.88 Å². The van der Waals surface area contributed by atoms with E-state index in [1.165, 1.54) is 0 Å². The van der Waals surface area contributed by atoms with Gasteiger partial charge in [-0.3, -0.25) is 4.79 Å². The number of aliphatic hydroxyl groups excluding tert-OH is 1. The number of carbonyl (C=O) groups is 1. The zero-order valence-electron chi connectivity index (χ0n) is 11.3. The molecule has 0 saturated heterocycles. The number of ether oxygens (including phenoxy) is 1. The molecular weight excluding hydrogens is 310 g/mol. The van der Waals surface area contributed by atoms with E-state index in [1.54, 1.807) is 35.6 Å². The van der Waals surface area contributed by atoms with Crippen molar-refractivity contribution in [2.24, 2.45) is 0 Å². The number of benzene rings is 1. The lowest BCUT2D eigenvalue weighted by atomic mass is 10.2. The first-order valence-corrected chi connectivity index (χ1v) is 7.76. The van der Waals surface area contributed by atoms with Crippen LogP contribution in [0.2, 0.25) is 5.02 Å². The number of hydrogen-bond acceptors (Lipinski definition) is 4. The number of carbonyl (C=O) groups excluding carboxylic acids is 1. The second kappa shape index (κ2) is 8.14. The predicted octanol–water partition coefficient (Wildman–Crippen LogP) is 2.88. The number of nitrogens with one attached hydrogen (secondary N) is 1. The van der Waals surface area contributed by atoms with Crippen LogP contribution < -0.4 is 5.32 Å². The molecule has 1 aromatic carbocycles. The van der Waals surface area contributed by atoms with Crippen LogP contribution in [0, 0.1) is 0 Å². The summed E-state index contributed by atoms with van der Waals surface area (Å²) in [5.74, 6) is -0.241. The number of aliphatic hydroxyl groups is 1. The summed E-state index contributed by atoms with van der Waals surface area (Å²) in [6, 6.07) is 10.7. The molecule has 21 heavy (non-hydrogen) atoms. The van der Waals surface area contributed by atoms with Crippen molar-refractivity contribution in [2.75, 3.05) is 19.8 Å². The van der Waals surface area contributed by atoms with Crippen molar-refractivity contribution in [3.05, 3.63) is 57.2 Å². The van der Waals surface area contributed by atoms with Gasteiger partial charge in [-0.25, -0.2) is 0 Å². The number of rotatable bonds is 7. The van der Waals surface area contributed by atoms with Gasteiger partial charge in [0.1, 0.15) is 6.10 Å². The van der Waals surface area contributed by atoms with Gasteiger partial charge in [-0.1, -0.05) is 29.8 Å². The molecule has 2 N–H and O–H groups in total. The lowest BCUT2D eigenvalue weighted by Crippen LogP contribution is -2.29. The molecule has 1 amide bonds. The van der Waals surface area contributed by atoms with Crippen LogP contribution in [0.1, 0.15) is 21.3 Å². The molecule has 0 saturated carbocycles. The predicted molar refractivity (Wildman–Crippen MR) is 83.9 cm³/mol. The minimum absolute atomic E-state index is 0.0552. The molecule has 6 heteroatoms. The Morgan fingerprint density at radius 1 is 1.33 bits per heavy atom. The zero-order valence-corrected chi connectivity index (χ0v) is 12.9. The molecule has 1 atom stereocenters. The topological polar surface area (TPSA) is 58.6 Å². The van der Waals surface area contributed by atoms with Crippen LogP contribution in [-0.2, 0) is 4.74 Å². The molecular formula is C15H16ClNO3S. The second-order valence-electron chi connectivity index (χ2n) is 4.29. The molecule has 4 nitrogen and oxygen atoms in total. The zero-order chi connectivity index (χ0) is 15.1. The summed E-state index contributed by atoms with van der Waals surface area (Å²) in [5, 5.41) is 14.1. The van der Waals surface area contributed by atoms with E-state index < -0.39 is 0 Å². The minimum Gasteiger partial charge on any atom is -0.394 e. The maximum absolute atomic E-state index is 12.1. The van der Waals surface area contributed by atoms with E-state index in [9.17, 15) is 4.79 Å². The normalized spacial score (nSPS) is 12.1. The van der Waals surface area contributed by atoms with Crippen molar-refractivity contribution in [1.29, 1.82) is 0 Å². The van der Waals surface area contributed by atoms with Gasteiger partial charge in [0, 0.05) is 11.4 Å². The van der Waals surface area contributed by atoms with E-state index in [1.807, 2.05) is 17.5 Å². The summed E-state index contributed by atoms with van der Waals surface area (Å²) in [4.78, 5) is 13.1. The third-order valence-corrected chi connectivity index (χ3v) is 4.13. The first-order valence-electron chi connectivity index (χ1n) is 6.51. The average Bonchev–Trinajstić information content (AvgIpc) is 3.01. The van der Waals surface area contributed by atoms with Gasteiger partial charge in [0.05, 0.1) is 23.8 Å². The molecule has 2 rings (SSSR count). The van der Waals surface area contributed by atoms with Crippen molar-refractivity contribution >= 4 is 28.8 Å². The molecule has 0 bridgehead atoms. The van der Waals surface area contributed by atoms with Crippen LogP contribution in [0.4, 0.5) is 0 Å². The molecule has 0 aliphatic carbocycles. The van der Waals surface area contributed by atoms with Gasteiger partial charge < -0.3 is 15.2 Å². The number of hydrogen-bond donors (Lipinski definition) is 2. The molecule has 0 aliphatic rings. The summed E-state index contributed by atoms with van der Waals surface area (Å²) in [7, 11) is 0. The Bertz CT molecular complexity index is 574. The van der Waals surface area contributed by atoms with Gasteiger partial charge in [-0.2, -0.15) is 0 Å². The molecule has 2 aromatic rings. The highest BCUT2D eigenvalue weighted by molar-refractivity contribution is 7.10. The summed E-state index contributed by atoms with van der Waals surface area (Å²) < 4.78 is 5.56. The Morgan fingerprint density at radius 3 is 2.81 bits per heavy atom. The lowest BCUT2D eigenvalue weighted by molar-refractivity contribution is 0.0296. The number of halogens is 1. The van der Waals surface area contributed by atoms with Crippen molar-refractivity contribution in [2.45, 2.75) is 6.10 Å². The van der Waals surface area contributed by atoms with E-state index in [-0.39, 0.29) is 25.2 Å². The molecule has 1 aromatic heterocycles. The third-order valence-electron chi connectivity index (χ3n) is 2.84. The van der Waals surface area contributed by atoms with Crippen molar-refractivity contribution in [3.63, 3.8) is 0 Å². The van der Waals surface area contributed by atoms with Crippen LogP contribution in [0.25, 0.3) is 0 Å². The average molecular weight is 326 g/mol. The van der Waals surface area contributed by atoms with Crippen LogP contribution in [0.3, 0.4) is 0 Å². The first-order chi connectivity index (χ1) is 10.2. The highest BCUT2D eigenvalue weighted by atomic mass is 35.5. The number of amides is 1. The standard InChI is InChI=1S/C15H16ClNO3S/c16-12-5-2-1-4-11(12)15(19)17-10-13(20-8-7-18)14-6-3-9-21-14/h1-6,9,13,18H,7-8,10H2,(H,17,19)/t13-/m0/s1. The molecule has 1 heterocycles. The molecule has 0 spiro atoms. The lowest BCUT2D eigenvalue weighted by Gasteiger charge is -2.17. The van der Waals surface area contributed by atoms with Crippen LogP contribution >= 0.6 is 22.9 Å². The first kappa shape index (κ1) is 16.0. The molecule has 112 valence electrons. The van der Waals surface area contributed by atoms with Gasteiger partial charge in [0.15, 0.2) is 0 Å². The van der Waals surface area contributed by atoms with Gasteiger partial charge in [-0.05, 0) is 23.6 Å². The maximum Gasteiger partial charge on any atom is 0.252 e. The highest BCUT2D eigenvalue weighted by Gasteiger charge is 2.16. The van der Waals surface area contributed by atoms with Gasteiger partial charge in [0.2, 0.25) is 0 Å². The summed E-state index contributed by atoms with van der Waals surface area (Å²) in [6.07, 6.45) is -0.274. The van der Waals surface area contributed by atoms with E-state index in [4.69, 9.17) is 21.4 Å². The Balaban J connectivity index is 1.98. The second-order valence-corrected chi connectivity index (χ2v) is 5.67. The quantitative estimate of drug-likeness (QED) is 0.823. The Hall–Kier alpha value is -1.40. The Labute approximate surface area is 132 Å². The summed E-state index contributed by atoms with van der Waals surface area (Å²) in [5.41, 5.74) is 0.436. The minimum atomic E-state index is -0.274. The fraction of sp³-hybridized carbons (Fsp3) is 0.267.